The molecule has 0 unspecified atom stereocenters. The molecule has 0 bridgehead atoms. The number of hydrogen-bond donors (Lipinski definition) is 1. The largest absolute Gasteiger partial charge is 0.399 e. The van der Waals surface area contributed by atoms with Gasteiger partial charge in [0.15, 0.2) is 0 Å². The summed E-state index contributed by atoms with van der Waals surface area (Å²) in [7, 11) is 1.52. The minimum Gasteiger partial charge on any atom is -0.399 e. The lowest BCUT2D eigenvalue weighted by molar-refractivity contribution is 0.213. The van der Waals surface area contributed by atoms with E-state index in [1.165, 1.54) is 7.11 Å². The van der Waals surface area contributed by atoms with Crippen LogP contribution in [0.4, 0.5) is 5.69 Å². The molecule has 0 saturated heterocycles. The molecule has 0 heterocycles. The van der Waals surface area contributed by atoms with Gasteiger partial charge in [-0.15, -0.1) is 12.4 Å². The Labute approximate surface area is 84.0 Å². The number of hydrogen-bond acceptors (Lipinski definition) is 3. The van der Waals surface area contributed by atoms with Crippen molar-refractivity contribution in [1.29, 1.82) is 0 Å². The summed E-state index contributed by atoms with van der Waals surface area (Å²) in [5.41, 5.74) is 8.14. The Morgan fingerprint density at radius 1 is 1.38 bits per heavy atom. The molecule has 0 aliphatic rings. The van der Waals surface area contributed by atoms with Crippen molar-refractivity contribution in [3.63, 3.8) is 0 Å². The van der Waals surface area contributed by atoms with E-state index in [1.54, 1.807) is 0 Å². The molecule has 4 heteroatoms. The number of para-hydroxylation sites is 1. The zero-order valence-corrected chi connectivity index (χ0v) is 8.47. The van der Waals surface area contributed by atoms with Gasteiger partial charge in [0.2, 0.25) is 0 Å². The van der Waals surface area contributed by atoms with Crippen LogP contribution >= 0.6 is 12.4 Å². The van der Waals surface area contributed by atoms with Crippen molar-refractivity contribution in [2.45, 2.75) is 6.92 Å². The van der Waals surface area contributed by atoms with Gasteiger partial charge in [0.1, 0.15) is 7.11 Å². The first-order valence-electron chi connectivity index (χ1n) is 3.68. The topological polar surface area (TPSA) is 47.6 Å². The fraction of sp³-hybridized carbons (Fsp3) is 0.222. The van der Waals surface area contributed by atoms with Gasteiger partial charge in [0.05, 0.1) is 5.71 Å². The normalized spacial score (nSPS) is 10.5. The first kappa shape index (κ1) is 11.8. The average molecular weight is 201 g/mol. The second kappa shape index (κ2) is 5.43. The molecule has 13 heavy (non-hydrogen) atoms. The maximum atomic E-state index is 5.72. The summed E-state index contributed by atoms with van der Waals surface area (Å²) in [6.07, 6.45) is 0. The van der Waals surface area contributed by atoms with Gasteiger partial charge in [-0.2, -0.15) is 0 Å². The predicted molar refractivity (Wildman–Crippen MR) is 57.3 cm³/mol. The lowest BCUT2D eigenvalue weighted by Gasteiger charge is -2.02. The highest BCUT2D eigenvalue weighted by Gasteiger charge is 2.00. The highest BCUT2D eigenvalue weighted by atomic mass is 35.5. The third-order valence-corrected chi connectivity index (χ3v) is 1.58. The number of oxime groups is 1. The first-order valence-corrected chi connectivity index (χ1v) is 3.68. The van der Waals surface area contributed by atoms with Gasteiger partial charge < -0.3 is 10.6 Å². The molecule has 0 amide bonds. The fourth-order valence-corrected chi connectivity index (χ4v) is 1.01. The highest BCUT2D eigenvalue weighted by molar-refractivity contribution is 6.02. The molecule has 1 rings (SSSR count). The summed E-state index contributed by atoms with van der Waals surface area (Å²) in [6, 6.07) is 7.55. The molecule has 72 valence electrons. The van der Waals surface area contributed by atoms with Gasteiger partial charge in [0, 0.05) is 11.3 Å². The molecule has 0 aliphatic heterocycles. The molecule has 0 fully saturated rings. The average Bonchev–Trinajstić information content (AvgIpc) is 2.05. The van der Waals surface area contributed by atoms with E-state index in [4.69, 9.17) is 5.73 Å². The summed E-state index contributed by atoms with van der Waals surface area (Å²) in [6.45, 7) is 1.86. The van der Waals surface area contributed by atoms with E-state index >= 15 is 0 Å². The van der Waals surface area contributed by atoms with Crippen LogP contribution in [0.5, 0.6) is 0 Å². The minimum atomic E-state index is 0. The van der Waals surface area contributed by atoms with Crippen LogP contribution in [-0.2, 0) is 4.84 Å². The fourth-order valence-electron chi connectivity index (χ4n) is 1.01. The highest BCUT2D eigenvalue weighted by Crippen LogP contribution is 2.11. The van der Waals surface area contributed by atoms with Gasteiger partial charge >= 0.3 is 0 Å². The van der Waals surface area contributed by atoms with E-state index < -0.39 is 0 Å². The lowest BCUT2D eigenvalue weighted by atomic mass is 10.1. The third kappa shape index (κ3) is 2.95. The number of anilines is 1. The summed E-state index contributed by atoms with van der Waals surface area (Å²) < 4.78 is 0. The molecule has 0 atom stereocenters. The van der Waals surface area contributed by atoms with Gasteiger partial charge in [-0.25, -0.2) is 0 Å². The minimum absolute atomic E-state index is 0. The van der Waals surface area contributed by atoms with E-state index in [0.717, 1.165) is 17.0 Å². The van der Waals surface area contributed by atoms with Crippen LogP contribution in [0, 0.1) is 0 Å². The van der Waals surface area contributed by atoms with Crippen LogP contribution < -0.4 is 5.73 Å². The van der Waals surface area contributed by atoms with Crippen molar-refractivity contribution in [2.24, 2.45) is 5.16 Å². The zero-order chi connectivity index (χ0) is 8.97. The molecule has 0 aromatic heterocycles. The van der Waals surface area contributed by atoms with Gasteiger partial charge in [-0.05, 0) is 13.0 Å². The van der Waals surface area contributed by atoms with E-state index in [-0.39, 0.29) is 12.4 Å². The molecule has 1 aromatic carbocycles. The number of nitrogens with two attached hydrogens (primary N) is 1. The lowest BCUT2D eigenvalue weighted by Crippen LogP contribution is -2.00. The van der Waals surface area contributed by atoms with Gasteiger partial charge in [-0.1, -0.05) is 23.4 Å². The zero-order valence-electron chi connectivity index (χ0n) is 7.65. The molecule has 2 N–H and O–H groups in total. The van der Waals surface area contributed by atoms with Crippen molar-refractivity contribution >= 4 is 23.8 Å². The second-order valence-corrected chi connectivity index (χ2v) is 2.45. The number of nitrogens with zero attached hydrogens (tertiary/aromatic N) is 1. The molecule has 3 nitrogen and oxygen atoms in total. The van der Waals surface area contributed by atoms with E-state index in [9.17, 15) is 0 Å². The van der Waals surface area contributed by atoms with Gasteiger partial charge in [0.25, 0.3) is 0 Å². The van der Waals surface area contributed by atoms with Crippen LogP contribution in [0.15, 0.2) is 29.4 Å². The first-order chi connectivity index (χ1) is 5.75. The Hall–Kier alpha value is -1.22. The van der Waals surface area contributed by atoms with E-state index in [1.807, 2.05) is 31.2 Å². The molecule has 0 radical (unpaired) electrons. The number of halogens is 1. The quantitative estimate of drug-likeness (QED) is 0.451. The number of benzene rings is 1. The van der Waals surface area contributed by atoms with Crippen molar-refractivity contribution in [1.82, 2.24) is 0 Å². The van der Waals surface area contributed by atoms with Crippen LogP contribution in [0.3, 0.4) is 0 Å². The molecule has 1 aromatic rings. The smallest absolute Gasteiger partial charge is 0.106 e. The van der Waals surface area contributed by atoms with Crippen molar-refractivity contribution in [3.8, 4) is 0 Å². The molecule has 0 spiro atoms. The molecular weight excluding hydrogens is 188 g/mol. The Morgan fingerprint density at radius 3 is 2.54 bits per heavy atom. The Balaban J connectivity index is 0.00000144. The Kier molecular flexibility index (Phi) is 4.92. The summed E-state index contributed by atoms with van der Waals surface area (Å²) in [4.78, 5) is 4.65. The van der Waals surface area contributed by atoms with Crippen molar-refractivity contribution in [3.05, 3.63) is 29.8 Å². The maximum absolute atomic E-state index is 5.72. The van der Waals surface area contributed by atoms with Crippen LogP contribution in [0.25, 0.3) is 0 Å². The molecular formula is C9H13ClN2O. The van der Waals surface area contributed by atoms with Crippen LogP contribution in [0.2, 0.25) is 0 Å². The van der Waals surface area contributed by atoms with E-state index in [2.05, 4.69) is 9.99 Å². The summed E-state index contributed by atoms with van der Waals surface area (Å²) in [5.74, 6) is 0. The van der Waals surface area contributed by atoms with Gasteiger partial charge in [-0.3, -0.25) is 0 Å². The van der Waals surface area contributed by atoms with E-state index in [0.29, 0.717) is 0 Å². The Bertz CT molecular complexity index is 299. The summed E-state index contributed by atoms with van der Waals surface area (Å²) >= 11 is 0. The van der Waals surface area contributed by atoms with Crippen LogP contribution in [-0.4, -0.2) is 12.8 Å². The molecule has 0 aliphatic carbocycles. The third-order valence-electron chi connectivity index (χ3n) is 1.58. The number of rotatable bonds is 2. The predicted octanol–water partition coefficient (Wildman–Crippen LogP) is 2.06. The van der Waals surface area contributed by atoms with Crippen LogP contribution in [0.1, 0.15) is 12.5 Å². The van der Waals surface area contributed by atoms with Crippen molar-refractivity contribution < 1.29 is 4.84 Å². The molecule has 0 saturated carbocycles. The number of nitrogen functional groups attached to an aromatic ring is 1. The summed E-state index contributed by atoms with van der Waals surface area (Å²) in [5, 5.41) is 3.79. The van der Waals surface area contributed by atoms with Crippen molar-refractivity contribution in [2.75, 3.05) is 12.8 Å². The monoisotopic (exact) mass is 200 g/mol. The standard InChI is InChI=1S/C9H12N2O.ClH/c1-7(11-12-2)8-5-3-4-6-9(8)10;/h3-6H,10H2,1-2H3;1H. The second-order valence-electron chi connectivity index (χ2n) is 2.45. The SMILES string of the molecule is CON=C(C)c1ccccc1N.Cl. The maximum Gasteiger partial charge on any atom is 0.106 e. The Morgan fingerprint density at radius 2 is 2.00 bits per heavy atom.